The molecule has 0 N–H and O–H groups in total. The average molecular weight is 249 g/mol. The molecule has 1 aromatic heterocycles. The molecule has 0 aliphatic carbocycles. The molecule has 9 heteroatoms. The third-order valence-corrected chi connectivity index (χ3v) is 2.19. The van der Waals surface area contributed by atoms with Gasteiger partial charge in [-0.1, -0.05) is 0 Å². The molecule has 0 atom stereocenters. The quantitative estimate of drug-likeness (QED) is 0.562. The second kappa shape index (κ2) is 3.62. The molecule has 0 aromatic carbocycles. The molecular formula is C6H3F6N2S. The number of halogens is 6. The molecule has 0 saturated heterocycles. The van der Waals surface area contributed by atoms with E-state index in [1.165, 1.54) is 0 Å². The van der Waals surface area contributed by atoms with Crippen LogP contribution in [0.3, 0.4) is 0 Å². The summed E-state index contributed by atoms with van der Waals surface area (Å²) < 4.78 is 71.5. The van der Waals surface area contributed by atoms with E-state index in [4.69, 9.17) is 0 Å². The highest BCUT2D eigenvalue weighted by molar-refractivity contribution is 8.00. The minimum atomic E-state index is -4.97. The van der Waals surface area contributed by atoms with Crippen molar-refractivity contribution in [1.82, 2.24) is 9.78 Å². The van der Waals surface area contributed by atoms with Crippen molar-refractivity contribution in [2.75, 3.05) is 0 Å². The fourth-order valence-electron chi connectivity index (χ4n) is 0.778. The molecule has 0 saturated carbocycles. The molecule has 0 spiro atoms. The summed E-state index contributed by atoms with van der Waals surface area (Å²) in [6.45, 7) is 1.07. The van der Waals surface area contributed by atoms with Crippen molar-refractivity contribution in [3.63, 3.8) is 0 Å². The Morgan fingerprint density at radius 3 is 2.13 bits per heavy atom. The number of rotatable bonds is 1. The van der Waals surface area contributed by atoms with Crippen molar-refractivity contribution in [2.45, 2.75) is 23.8 Å². The maximum absolute atomic E-state index is 12.1. The Morgan fingerprint density at radius 1 is 1.20 bits per heavy atom. The summed E-state index contributed by atoms with van der Waals surface area (Å²) in [6.07, 6.45) is -3.14. The van der Waals surface area contributed by atoms with Gasteiger partial charge in [0.2, 0.25) is 0 Å². The third-order valence-electron chi connectivity index (χ3n) is 1.28. The molecule has 1 radical (unpaired) electrons. The Labute approximate surface area is 84.2 Å². The molecule has 0 amide bonds. The van der Waals surface area contributed by atoms with Gasteiger partial charge in [0.05, 0.1) is 0 Å². The first-order chi connectivity index (χ1) is 6.61. The van der Waals surface area contributed by atoms with E-state index in [2.05, 4.69) is 5.10 Å². The van der Waals surface area contributed by atoms with Gasteiger partial charge in [-0.25, -0.2) is 0 Å². The predicted octanol–water partition coefficient (Wildman–Crippen LogP) is 3.08. The summed E-state index contributed by atoms with van der Waals surface area (Å²) in [6, 6.07) is 0. The van der Waals surface area contributed by atoms with E-state index in [-0.39, 0.29) is 5.56 Å². The van der Waals surface area contributed by atoms with Gasteiger partial charge in [-0.3, -0.25) is 0 Å². The summed E-state index contributed by atoms with van der Waals surface area (Å²) in [5.74, 6) is 0. The van der Waals surface area contributed by atoms with Gasteiger partial charge in [0, 0.05) is 17.3 Å². The molecule has 0 unspecified atom stereocenters. The van der Waals surface area contributed by atoms with Gasteiger partial charge in [0.15, 0.2) is 0 Å². The molecule has 0 bridgehead atoms. The standard InChI is InChI=1S/C6H3F6N2S/c1-3-2-13-14(5(7,8)9)4(3)15-6(10,11)12/h1H3. The Balaban J connectivity index is 3.11. The van der Waals surface area contributed by atoms with Crippen molar-refractivity contribution >= 4 is 11.8 Å². The van der Waals surface area contributed by atoms with Crippen LogP contribution in [0.4, 0.5) is 26.3 Å². The lowest BCUT2D eigenvalue weighted by Crippen LogP contribution is -2.20. The molecule has 85 valence electrons. The largest absolute Gasteiger partial charge is 0.505 e. The van der Waals surface area contributed by atoms with Crippen LogP contribution in [0.25, 0.3) is 0 Å². The number of nitrogens with zero attached hydrogens (tertiary/aromatic N) is 2. The van der Waals surface area contributed by atoms with E-state index in [9.17, 15) is 26.3 Å². The molecule has 15 heavy (non-hydrogen) atoms. The van der Waals surface area contributed by atoms with Crippen molar-refractivity contribution in [3.05, 3.63) is 11.8 Å². The third kappa shape index (κ3) is 3.05. The van der Waals surface area contributed by atoms with Crippen molar-refractivity contribution in [3.8, 4) is 0 Å². The first-order valence-corrected chi connectivity index (χ1v) is 4.23. The van der Waals surface area contributed by atoms with Gasteiger partial charge in [-0.05, 0) is 6.92 Å². The molecule has 1 rings (SSSR count). The summed E-state index contributed by atoms with van der Waals surface area (Å²) >= 11 is -0.863. The smallest absolute Gasteiger partial charge is 0.164 e. The highest BCUT2D eigenvalue weighted by Gasteiger charge is 2.40. The summed E-state index contributed by atoms with van der Waals surface area (Å²) in [7, 11) is 0. The second-order valence-corrected chi connectivity index (χ2v) is 3.52. The Kier molecular flexibility index (Phi) is 2.94. The Morgan fingerprint density at radius 2 is 1.73 bits per heavy atom. The summed E-state index contributed by atoms with van der Waals surface area (Å²) in [5.41, 5.74) is -5.09. The van der Waals surface area contributed by atoms with Crippen LogP contribution in [-0.4, -0.2) is 15.3 Å². The predicted molar refractivity (Wildman–Crippen MR) is 39.0 cm³/mol. The van der Waals surface area contributed by atoms with Crippen LogP contribution in [0.2, 0.25) is 0 Å². The Hall–Kier alpha value is -0.860. The van der Waals surface area contributed by atoms with Crippen LogP contribution < -0.4 is 0 Å². The fourth-order valence-corrected chi connectivity index (χ4v) is 1.43. The second-order valence-electron chi connectivity index (χ2n) is 2.47. The first-order valence-electron chi connectivity index (χ1n) is 3.41. The fraction of sp³-hybridized carbons (Fsp3) is 0.500. The highest BCUT2D eigenvalue weighted by atomic mass is 32.2. The zero-order valence-electron chi connectivity index (χ0n) is 7.07. The van der Waals surface area contributed by atoms with E-state index in [1.807, 2.05) is 6.20 Å². The maximum atomic E-state index is 12.1. The summed E-state index contributed by atoms with van der Waals surface area (Å²) in [5, 5.41) is 1.70. The number of hydrogen-bond acceptors (Lipinski definition) is 2. The lowest BCUT2D eigenvalue weighted by molar-refractivity contribution is -0.218. The van der Waals surface area contributed by atoms with Gasteiger partial charge >= 0.3 is 11.8 Å². The average Bonchev–Trinajstić information content (AvgIpc) is 2.28. The zero-order valence-corrected chi connectivity index (χ0v) is 7.89. The monoisotopic (exact) mass is 249 g/mol. The van der Waals surface area contributed by atoms with Crippen LogP contribution in [0.15, 0.2) is 5.03 Å². The molecule has 0 fully saturated rings. The zero-order chi connectivity index (χ0) is 11.9. The lowest BCUT2D eigenvalue weighted by Gasteiger charge is -2.11. The number of thioether (sulfide) groups is 1. The van der Waals surface area contributed by atoms with Crippen LogP contribution in [0.5, 0.6) is 0 Å². The van der Waals surface area contributed by atoms with Gasteiger partial charge in [0.25, 0.3) is 0 Å². The molecular weight excluding hydrogens is 246 g/mol. The van der Waals surface area contributed by atoms with Gasteiger partial charge < -0.3 is 0 Å². The van der Waals surface area contributed by atoms with E-state index in [0.29, 0.717) is 0 Å². The van der Waals surface area contributed by atoms with Crippen LogP contribution in [0, 0.1) is 13.1 Å². The van der Waals surface area contributed by atoms with E-state index >= 15 is 0 Å². The normalized spacial score (nSPS) is 13.3. The Bertz CT molecular complexity index is 351. The maximum Gasteiger partial charge on any atom is 0.505 e. The number of aromatic nitrogens is 2. The van der Waals surface area contributed by atoms with Gasteiger partial charge in [-0.2, -0.15) is 23.0 Å². The molecule has 0 aliphatic heterocycles. The lowest BCUT2D eigenvalue weighted by atomic mass is 10.4. The SMILES string of the molecule is Cc1[c]nn(C(F)(F)F)c1SC(F)(F)F. The van der Waals surface area contributed by atoms with Gasteiger partial charge in [-0.15, -0.1) is 13.2 Å². The van der Waals surface area contributed by atoms with Crippen molar-refractivity contribution in [1.29, 1.82) is 0 Å². The first kappa shape index (κ1) is 12.2. The molecule has 1 heterocycles. The van der Waals surface area contributed by atoms with Crippen LogP contribution in [0.1, 0.15) is 5.56 Å². The highest BCUT2D eigenvalue weighted by Crippen LogP contribution is 2.40. The number of aryl methyl sites for hydroxylation is 1. The number of hydrogen-bond donors (Lipinski definition) is 0. The van der Waals surface area contributed by atoms with Crippen molar-refractivity contribution in [2.24, 2.45) is 0 Å². The van der Waals surface area contributed by atoms with Gasteiger partial charge in [0.1, 0.15) is 11.2 Å². The topological polar surface area (TPSA) is 17.8 Å². The van der Waals surface area contributed by atoms with Crippen LogP contribution in [-0.2, 0) is 6.30 Å². The molecule has 0 aliphatic rings. The summed E-state index contributed by atoms with van der Waals surface area (Å²) in [4.78, 5) is 0. The van der Waals surface area contributed by atoms with Crippen LogP contribution >= 0.6 is 11.8 Å². The van der Waals surface area contributed by atoms with E-state index < -0.39 is 33.3 Å². The molecule has 1 aromatic rings. The minimum absolute atomic E-state index is 0.297. The van der Waals surface area contributed by atoms with E-state index in [1.54, 1.807) is 0 Å². The minimum Gasteiger partial charge on any atom is -0.164 e. The molecule has 2 nitrogen and oxygen atoms in total. The van der Waals surface area contributed by atoms with Crippen molar-refractivity contribution < 1.29 is 26.3 Å². The van der Waals surface area contributed by atoms with E-state index in [0.717, 1.165) is 6.92 Å². The number of alkyl halides is 6.